The molecule has 0 radical (unpaired) electrons. The summed E-state index contributed by atoms with van der Waals surface area (Å²) < 4.78 is 20.0. The van der Waals surface area contributed by atoms with Crippen LogP contribution in [0.15, 0.2) is 46.9 Å². The second kappa shape index (κ2) is 5.83. The molecule has 0 aliphatic carbocycles. The molecule has 1 heterocycles. The third-order valence-electron chi connectivity index (χ3n) is 3.46. The molecule has 2 nitrogen and oxygen atoms in total. The highest BCUT2D eigenvalue weighted by atomic mass is 79.9. The molecule has 1 aliphatic heterocycles. The maximum atomic E-state index is 13.3. The molecule has 1 aliphatic rings. The molecule has 0 saturated heterocycles. The van der Waals surface area contributed by atoms with Crippen molar-refractivity contribution >= 4 is 21.6 Å². The molecule has 4 heteroatoms. The van der Waals surface area contributed by atoms with E-state index in [9.17, 15) is 4.39 Å². The van der Waals surface area contributed by atoms with Crippen LogP contribution in [0, 0.1) is 5.82 Å². The summed E-state index contributed by atoms with van der Waals surface area (Å²) in [7, 11) is 0. The fraction of sp³-hybridized carbons (Fsp3) is 0.250. The van der Waals surface area contributed by atoms with Gasteiger partial charge in [-0.1, -0.05) is 18.2 Å². The van der Waals surface area contributed by atoms with E-state index < -0.39 is 0 Å². The fourth-order valence-corrected chi connectivity index (χ4v) is 2.74. The molecular formula is C16H15BrFNO. The number of anilines is 1. The van der Waals surface area contributed by atoms with E-state index >= 15 is 0 Å². The molecule has 3 rings (SSSR count). The normalized spacial score (nSPS) is 17.8. The lowest BCUT2D eigenvalue weighted by molar-refractivity contribution is 0.204. The zero-order valence-corrected chi connectivity index (χ0v) is 12.5. The van der Waals surface area contributed by atoms with Crippen LogP contribution in [0.5, 0.6) is 5.75 Å². The quantitative estimate of drug-likeness (QED) is 0.878. The first-order chi connectivity index (χ1) is 9.72. The van der Waals surface area contributed by atoms with Crippen LogP contribution >= 0.6 is 15.9 Å². The topological polar surface area (TPSA) is 21.3 Å². The van der Waals surface area contributed by atoms with Gasteiger partial charge in [0.05, 0.1) is 11.0 Å². The van der Waals surface area contributed by atoms with E-state index in [2.05, 4.69) is 33.4 Å². The van der Waals surface area contributed by atoms with Crippen molar-refractivity contribution in [2.24, 2.45) is 0 Å². The average Bonchev–Trinajstić information content (AvgIpc) is 2.66. The Labute approximate surface area is 126 Å². The van der Waals surface area contributed by atoms with E-state index in [1.165, 1.54) is 17.7 Å². The predicted octanol–water partition coefficient (Wildman–Crippen LogP) is 4.39. The number of halogens is 2. The number of hydrogen-bond acceptors (Lipinski definition) is 2. The van der Waals surface area contributed by atoms with Gasteiger partial charge in [0.1, 0.15) is 17.7 Å². The van der Waals surface area contributed by atoms with Gasteiger partial charge in [-0.2, -0.15) is 0 Å². The molecule has 2 aromatic rings. The molecule has 20 heavy (non-hydrogen) atoms. The molecule has 1 N–H and O–H groups in total. The van der Waals surface area contributed by atoms with Crippen molar-refractivity contribution in [1.82, 2.24) is 0 Å². The lowest BCUT2D eigenvalue weighted by atomic mass is 10.1. The molecule has 0 fully saturated rings. The summed E-state index contributed by atoms with van der Waals surface area (Å²) >= 11 is 3.39. The second-order valence-electron chi connectivity index (χ2n) is 4.89. The summed E-state index contributed by atoms with van der Waals surface area (Å²) in [6.45, 7) is 0.722. The molecule has 104 valence electrons. The highest BCUT2D eigenvalue weighted by Gasteiger charge is 2.17. The van der Waals surface area contributed by atoms with Gasteiger partial charge in [-0.05, 0) is 52.5 Å². The summed E-state index contributed by atoms with van der Waals surface area (Å²) in [5, 5.41) is 3.40. The van der Waals surface area contributed by atoms with Gasteiger partial charge in [0, 0.05) is 11.8 Å². The first-order valence-electron chi connectivity index (χ1n) is 6.66. The Morgan fingerprint density at radius 2 is 2.05 bits per heavy atom. The number of nitrogens with one attached hydrogen (secondary N) is 1. The van der Waals surface area contributed by atoms with E-state index in [1.807, 2.05) is 12.1 Å². The van der Waals surface area contributed by atoms with Crippen molar-refractivity contribution in [2.75, 3.05) is 11.9 Å². The average molecular weight is 336 g/mol. The van der Waals surface area contributed by atoms with Crippen molar-refractivity contribution in [2.45, 2.75) is 18.9 Å². The Bertz CT molecular complexity index is 590. The largest absolute Gasteiger partial charge is 0.487 e. The van der Waals surface area contributed by atoms with Crippen LogP contribution < -0.4 is 10.1 Å². The minimum absolute atomic E-state index is 0.0282. The summed E-state index contributed by atoms with van der Waals surface area (Å²) in [6.07, 6.45) is 1.90. The Hall–Kier alpha value is -1.55. The monoisotopic (exact) mass is 335 g/mol. The number of ether oxygens (including phenoxy) is 1. The zero-order valence-electron chi connectivity index (χ0n) is 10.9. The standard InChI is InChI=1S/C16H15BrFNO/c17-14-8-6-12(18)9-16(14)20-13-7-5-11-3-1-2-4-15(11)19-10-13/h1-4,6,8-9,13,19H,5,7,10H2. The van der Waals surface area contributed by atoms with Crippen molar-refractivity contribution < 1.29 is 9.13 Å². The summed E-state index contributed by atoms with van der Waals surface area (Å²) in [6, 6.07) is 12.8. The van der Waals surface area contributed by atoms with E-state index in [1.54, 1.807) is 6.07 Å². The second-order valence-corrected chi connectivity index (χ2v) is 5.75. The van der Waals surface area contributed by atoms with Gasteiger partial charge in [0.15, 0.2) is 0 Å². The predicted molar refractivity (Wildman–Crippen MR) is 81.8 cm³/mol. The molecule has 1 unspecified atom stereocenters. The molecule has 0 bridgehead atoms. The molecule has 2 aromatic carbocycles. The number of hydrogen-bond donors (Lipinski definition) is 1. The lowest BCUT2D eigenvalue weighted by Crippen LogP contribution is -2.25. The van der Waals surface area contributed by atoms with Crippen molar-refractivity contribution in [3.63, 3.8) is 0 Å². The summed E-state index contributed by atoms with van der Waals surface area (Å²) in [4.78, 5) is 0. The van der Waals surface area contributed by atoms with Crippen LogP contribution in [0.4, 0.5) is 10.1 Å². The highest BCUT2D eigenvalue weighted by Crippen LogP contribution is 2.29. The first kappa shape index (κ1) is 13.4. The lowest BCUT2D eigenvalue weighted by Gasteiger charge is -2.18. The number of para-hydroxylation sites is 1. The van der Waals surface area contributed by atoms with Crippen molar-refractivity contribution in [1.29, 1.82) is 0 Å². The van der Waals surface area contributed by atoms with Crippen LogP contribution in [0.1, 0.15) is 12.0 Å². The SMILES string of the molecule is Fc1ccc(Br)c(OC2CCc3ccccc3NC2)c1. The van der Waals surface area contributed by atoms with E-state index in [4.69, 9.17) is 4.74 Å². The zero-order chi connectivity index (χ0) is 13.9. The maximum absolute atomic E-state index is 13.3. The van der Waals surface area contributed by atoms with Gasteiger partial charge < -0.3 is 10.1 Å². The van der Waals surface area contributed by atoms with Crippen LogP contribution in [0.2, 0.25) is 0 Å². The van der Waals surface area contributed by atoms with Crippen LogP contribution in [-0.4, -0.2) is 12.6 Å². The van der Waals surface area contributed by atoms with Crippen molar-refractivity contribution in [3.05, 3.63) is 58.3 Å². The summed E-state index contributed by atoms with van der Waals surface area (Å²) in [5.74, 6) is 0.274. The van der Waals surface area contributed by atoms with E-state index in [0.29, 0.717) is 5.75 Å². The minimum Gasteiger partial charge on any atom is -0.487 e. The molecule has 0 aromatic heterocycles. The maximum Gasteiger partial charge on any atom is 0.136 e. The molecule has 0 amide bonds. The Morgan fingerprint density at radius 1 is 1.20 bits per heavy atom. The number of benzene rings is 2. The third-order valence-corrected chi connectivity index (χ3v) is 4.12. The summed E-state index contributed by atoms with van der Waals surface area (Å²) in [5.41, 5.74) is 2.47. The van der Waals surface area contributed by atoms with Crippen LogP contribution in [-0.2, 0) is 6.42 Å². The number of fused-ring (bicyclic) bond motifs is 1. The minimum atomic E-state index is -0.284. The smallest absolute Gasteiger partial charge is 0.136 e. The molecule has 0 saturated carbocycles. The first-order valence-corrected chi connectivity index (χ1v) is 7.45. The molecule has 0 spiro atoms. The molecule has 1 atom stereocenters. The Morgan fingerprint density at radius 3 is 2.95 bits per heavy atom. The van der Waals surface area contributed by atoms with Gasteiger partial charge in [-0.25, -0.2) is 4.39 Å². The van der Waals surface area contributed by atoms with Crippen LogP contribution in [0.3, 0.4) is 0 Å². The Balaban J connectivity index is 1.73. The van der Waals surface area contributed by atoms with Crippen molar-refractivity contribution in [3.8, 4) is 5.75 Å². The van der Waals surface area contributed by atoms with Crippen LogP contribution in [0.25, 0.3) is 0 Å². The van der Waals surface area contributed by atoms with E-state index in [-0.39, 0.29) is 11.9 Å². The molecular weight excluding hydrogens is 321 g/mol. The number of aryl methyl sites for hydroxylation is 1. The third kappa shape index (κ3) is 2.96. The Kier molecular flexibility index (Phi) is 3.92. The number of rotatable bonds is 2. The highest BCUT2D eigenvalue weighted by molar-refractivity contribution is 9.10. The van der Waals surface area contributed by atoms with E-state index in [0.717, 1.165) is 29.5 Å². The van der Waals surface area contributed by atoms with Gasteiger partial charge in [0.25, 0.3) is 0 Å². The van der Waals surface area contributed by atoms with Gasteiger partial charge >= 0.3 is 0 Å². The van der Waals surface area contributed by atoms with Gasteiger partial charge in [-0.15, -0.1) is 0 Å². The fourth-order valence-electron chi connectivity index (χ4n) is 2.40. The van der Waals surface area contributed by atoms with Gasteiger partial charge in [-0.3, -0.25) is 0 Å². The van der Waals surface area contributed by atoms with Gasteiger partial charge in [0.2, 0.25) is 0 Å².